The molecule has 1 aromatic carbocycles. The second kappa shape index (κ2) is 4.28. The van der Waals surface area contributed by atoms with E-state index in [9.17, 15) is 20.0 Å². The van der Waals surface area contributed by atoms with Gasteiger partial charge in [-0.2, -0.15) is 0 Å². The highest BCUT2D eigenvalue weighted by Gasteiger charge is 2.32. The van der Waals surface area contributed by atoms with Gasteiger partial charge in [0.2, 0.25) is 0 Å². The standard InChI is InChI=1S/C10H11NO5/c1-10(14,9(12)13)6-7-4-2-3-5-8(7)11(15)16/h2-5,14H,6H2,1H3,(H,12,13). The van der Waals surface area contributed by atoms with Crippen molar-refractivity contribution in [3.8, 4) is 0 Å². The van der Waals surface area contributed by atoms with Gasteiger partial charge in [0.1, 0.15) is 0 Å². The molecule has 0 spiro atoms. The summed E-state index contributed by atoms with van der Waals surface area (Å²) in [5, 5.41) is 28.9. The van der Waals surface area contributed by atoms with Gasteiger partial charge in [-0.15, -0.1) is 0 Å². The minimum absolute atomic E-state index is 0.191. The number of carboxylic acids is 1. The Balaban J connectivity index is 3.06. The molecule has 6 heteroatoms. The Bertz CT molecular complexity index is 427. The molecule has 1 rings (SSSR count). The number of nitrogens with zero attached hydrogens (tertiary/aromatic N) is 1. The van der Waals surface area contributed by atoms with Gasteiger partial charge >= 0.3 is 5.97 Å². The maximum Gasteiger partial charge on any atom is 0.335 e. The fraction of sp³-hybridized carbons (Fsp3) is 0.300. The van der Waals surface area contributed by atoms with Crippen molar-refractivity contribution >= 4 is 11.7 Å². The molecule has 1 unspecified atom stereocenters. The lowest BCUT2D eigenvalue weighted by Gasteiger charge is -2.17. The molecule has 0 heterocycles. The average molecular weight is 225 g/mol. The number of hydrogen-bond acceptors (Lipinski definition) is 4. The first kappa shape index (κ1) is 12.1. The Labute approximate surface area is 91.3 Å². The molecule has 0 saturated carbocycles. The van der Waals surface area contributed by atoms with Gasteiger partial charge < -0.3 is 10.2 Å². The predicted molar refractivity (Wildman–Crippen MR) is 55.1 cm³/mol. The topological polar surface area (TPSA) is 101 Å². The van der Waals surface area contributed by atoms with Crippen LogP contribution in [0.15, 0.2) is 24.3 Å². The number of para-hydroxylation sites is 1. The van der Waals surface area contributed by atoms with E-state index in [0.29, 0.717) is 0 Å². The van der Waals surface area contributed by atoms with E-state index in [0.717, 1.165) is 6.92 Å². The van der Waals surface area contributed by atoms with Crippen LogP contribution in [0.25, 0.3) is 0 Å². The first-order chi connectivity index (χ1) is 7.34. The van der Waals surface area contributed by atoms with Crippen molar-refractivity contribution in [1.82, 2.24) is 0 Å². The fourth-order valence-electron chi connectivity index (χ4n) is 1.28. The summed E-state index contributed by atoms with van der Waals surface area (Å²) < 4.78 is 0. The van der Waals surface area contributed by atoms with E-state index in [1.54, 1.807) is 6.07 Å². The maximum absolute atomic E-state index is 10.7. The summed E-state index contributed by atoms with van der Waals surface area (Å²) in [6, 6.07) is 5.74. The van der Waals surface area contributed by atoms with Crippen LogP contribution in [0, 0.1) is 10.1 Å². The highest BCUT2D eigenvalue weighted by atomic mass is 16.6. The van der Waals surface area contributed by atoms with Gasteiger partial charge in [-0.25, -0.2) is 4.79 Å². The summed E-state index contributed by atoms with van der Waals surface area (Å²) in [4.78, 5) is 20.7. The zero-order valence-corrected chi connectivity index (χ0v) is 8.58. The van der Waals surface area contributed by atoms with Crippen LogP contribution in [0.3, 0.4) is 0 Å². The molecule has 6 nitrogen and oxygen atoms in total. The molecule has 0 aromatic heterocycles. The van der Waals surface area contributed by atoms with Crippen molar-refractivity contribution < 1.29 is 19.9 Å². The normalized spacial score (nSPS) is 14.1. The Kier molecular flexibility index (Phi) is 3.24. The highest BCUT2D eigenvalue weighted by Crippen LogP contribution is 2.22. The number of hydrogen-bond donors (Lipinski definition) is 2. The van der Waals surface area contributed by atoms with Gasteiger partial charge in [0.05, 0.1) is 4.92 Å². The lowest BCUT2D eigenvalue weighted by molar-refractivity contribution is -0.385. The highest BCUT2D eigenvalue weighted by molar-refractivity contribution is 5.77. The van der Waals surface area contributed by atoms with Gasteiger partial charge in [-0.05, 0) is 6.92 Å². The second-order valence-electron chi connectivity index (χ2n) is 3.64. The average Bonchev–Trinajstić information content (AvgIpc) is 2.17. The smallest absolute Gasteiger partial charge is 0.335 e. The van der Waals surface area contributed by atoms with E-state index in [1.165, 1.54) is 18.2 Å². The fourth-order valence-corrected chi connectivity index (χ4v) is 1.28. The van der Waals surface area contributed by atoms with Gasteiger partial charge in [0.25, 0.3) is 5.69 Å². The monoisotopic (exact) mass is 225 g/mol. The molecular formula is C10H11NO5. The van der Waals surface area contributed by atoms with E-state index in [-0.39, 0.29) is 17.7 Å². The number of aliphatic carboxylic acids is 1. The van der Waals surface area contributed by atoms with Crippen molar-refractivity contribution in [2.24, 2.45) is 0 Å². The number of nitro benzene ring substituents is 1. The number of aliphatic hydroxyl groups is 1. The van der Waals surface area contributed by atoms with Crippen LogP contribution >= 0.6 is 0 Å². The van der Waals surface area contributed by atoms with Crippen molar-refractivity contribution in [3.63, 3.8) is 0 Å². The summed E-state index contributed by atoms with van der Waals surface area (Å²) >= 11 is 0. The molecule has 0 aliphatic rings. The van der Waals surface area contributed by atoms with Crippen molar-refractivity contribution in [3.05, 3.63) is 39.9 Å². The molecule has 0 saturated heterocycles. The summed E-state index contributed by atoms with van der Waals surface area (Å²) in [6.07, 6.45) is -0.306. The summed E-state index contributed by atoms with van der Waals surface area (Å²) in [6.45, 7) is 1.10. The lowest BCUT2D eigenvalue weighted by atomic mass is 9.96. The van der Waals surface area contributed by atoms with Crippen molar-refractivity contribution in [1.29, 1.82) is 0 Å². The van der Waals surface area contributed by atoms with Gasteiger partial charge in [-0.1, -0.05) is 18.2 Å². The Morgan fingerprint density at radius 1 is 1.50 bits per heavy atom. The van der Waals surface area contributed by atoms with Crippen LogP contribution < -0.4 is 0 Å². The van der Waals surface area contributed by atoms with E-state index in [1.807, 2.05) is 0 Å². The molecule has 86 valence electrons. The molecule has 0 bridgehead atoms. The Morgan fingerprint density at radius 3 is 2.56 bits per heavy atom. The minimum Gasteiger partial charge on any atom is -0.479 e. The number of carbonyl (C=O) groups is 1. The second-order valence-corrected chi connectivity index (χ2v) is 3.64. The largest absolute Gasteiger partial charge is 0.479 e. The number of nitro groups is 1. The summed E-state index contributed by atoms with van der Waals surface area (Å²) in [5.41, 5.74) is -2.00. The zero-order chi connectivity index (χ0) is 12.3. The van der Waals surface area contributed by atoms with Crippen molar-refractivity contribution in [2.45, 2.75) is 18.9 Å². The first-order valence-corrected chi connectivity index (χ1v) is 4.52. The number of rotatable bonds is 4. The van der Waals surface area contributed by atoms with E-state index >= 15 is 0 Å². The van der Waals surface area contributed by atoms with E-state index in [4.69, 9.17) is 5.11 Å². The molecule has 0 amide bonds. The van der Waals surface area contributed by atoms with Crippen LogP contribution in [0.5, 0.6) is 0 Å². The summed E-state index contributed by atoms with van der Waals surface area (Å²) in [7, 11) is 0. The van der Waals surface area contributed by atoms with E-state index in [2.05, 4.69) is 0 Å². The van der Waals surface area contributed by atoms with Crippen LogP contribution in [-0.4, -0.2) is 26.7 Å². The third-order valence-corrected chi connectivity index (χ3v) is 2.18. The number of benzene rings is 1. The Morgan fingerprint density at radius 2 is 2.06 bits per heavy atom. The van der Waals surface area contributed by atoms with Gasteiger partial charge in [0.15, 0.2) is 5.60 Å². The molecule has 1 aromatic rings. The molecule has 0 radical (unpaired) electrons. The van der Waals surface area contributed by atoms with E-state index < -0.39 is 16.5 Å². The maximum atomic E-state index is 10.7. The first-order valence-electron chi connectivity index (χ1n) is 4.52. The van der Waals surface area contributed by atoms with Crippen LogP contribution in [0.2, 0.25) is 0 Å². The van der Waals surface area contributed by atoms with Crippen LogP contribution in [-0.2, 0) is 11.2 Å². The molecule has 0 fully saturated rings. The predicted octanol–water partition coefficient (Wildman–Crippen LogP) is 0.973. The Hall–Kier alpha value is -1.95. The lowest BCUT2D eigenvalue weighted by Crippen LogP contribution is -2.37. The van der Waals surface area contributed by atoms with Gasteiger partial charge in [-0.3, -0.25) is 10.1 Å². The summed E-state index contributed by atoms with van der Waals surface area (Å²) in [5.74, 6) is -1.41. The molecule has 1 atom stereocenters. The van der Waals surface area contributed by atoms with Crippen LogP contribution in [0.1, 0.15) is 12.5 Å². The van der Waals surface area contributed by atoms with Crippen LogP contribution in [0.4, 0.5) is 5.69 Å². The SMILES string of the molecule is CC(O)(Cc1ccccc1[N+](=O)[O-])C(=O)O. The quantitative estimate of drug-likeness (QED) is 0.587. The molecule has 0 aliphatic carbocycles. The van der Waals surface area contributed by atoms with Crippen molar-refractivity contribution in [2.75, 3.05) is 0 Å². The van der Waals surface area contributed by atoms with Gasteiger partial charge in [0, 0.05) is 18.1 Å². The third-order valence-electron chi connectivity index (χ3n) is 2.18. The molecule has 2 N–H and O–H groups in total. The molecule has 16 heavy (non-hydrogen) atoms. The minimum atomic E-state index is -2.01. The third kappa shape index (κ3) is 2.54. The number of carboxylic acid groups (broad SMARTS) is 1. The molecule has 0 aliphatic heterocycles. The zero-order valence-electron chi connectivity index (χ0n) is 8.58. The molecular weight excluding hydrogens is 214 g/mol.